The molecule has 0 aliphatic heterocycles. The Balaban J connectivity index is 2.45. The van der Waals surface area contributed by atoms with E-state index in [2.05, 4.69) is 0 Å². The van der Waals surface area contributed by atoms with Crippen molar-refractivity contribution in [2.24, 2.45) is 5.73 Å². The molecule has 0 saturated heterocycles. The number of nitrogens with zero attached hydrogens (tertiary/aromatic N) is 1. The van der Waals surface area contributed by atoms with E-state index in [0.29, 0.717) is 6.61 Å². The van der Waals surface area contributed by atoms with Crippen LogP contribution in [-0.4, -0.2) is 38.2 Å². The number of aryl methyl sites for hydroxylation is 1. The molecule has 0 bridgehead atoms. The quantitative estimate of drug-likeness (QED) is 0.858. The lowest BCUT2D eigenvalue weighted by atomic mass is 10.2. The molecule has 1 rings (SSSR count). The van der Waals surface area contributed by atoms with Gasteiger partial charge in [-0.2, -0.15) is 0 Å². The zero-order valence-electron chi connectivity index (χ0n) is 10.0. The number of hydrogen-bond acceptors (Lipinski definition) is 3. The third-order valence-corrected chi connectivity index (χ3v) is 2.62. The van der Waals surface area contributed by atoms with E-state index in [1.165, 1.54) is 0 Å². The molecule has 0 aromatic heterocycles. The third kappa shape index (κ3) is 4.39. The van der Waals surface area contributed by atoms with Crippen LogP contribution < -0.4 is 10.5 Å². The largest absolute Gasteiger partial charge is 0.492 e. The summed E-state index contributed by atoms with van der Waals surface area (Å²) in [4.78, 5) is 2.04. The second kappa shape index (κ2) is 6.09. The number of halogens is 1. The van der Waals surface area contributed by atoms with E-state index >= 15 is 0 Å². The van der Waals surface area contributed by atoms with E-state index in [-0.39, 0.29) is 6.04 Å². The monoisotopic (exact) mass is 242 g/mol. The standard InChI is InChI=1S/C12H19ClN2O/c1-9-6-11(4-5-12(9)13)16-8-10(14)7-15(2)3/h4-6,10H,7-8,14H2,1-3H3. The molecule has 0 aliphatic carbocycles. The van der Waals surface area contributed by atoms with E-state index in [9.17, 15) is 0 Å². The highest BCUT2D eigenvalue weighted by molar-refractivity contribution is 6.31. The van der Waals surface area contributed by atoms with Crippen molar-refractivity contribution in [1.82, 2.24) is 4.90 Å². The van der Waals surface area contributed by atoms with Gasteiger partial charge in [0.1, 0.15) is 12.4 Å². The molecule has 16 heavy (non-hydrogen) atoms. The first kappa shape index (κ1) is 13.3. The van der Waals surface area contributed by atoms with Gasteiger partial charge in [0, 0.05) is 11.6 Å². The Morgan fingerprint density at radius 1 is 1.44 bits per heavy atom. The first-order valence-electron chi connectivity index (χ1n) is 5.28. The zero-order valence-corrected chi connectivity index (χ0v) is 10.8. The average Bonchev–Trinajstić information content (AvgIpc) is 2.19. The number of nitrogens with two attached hydrogens (primary N) is 1. The van der Waals surface area contributed by atoms with E-state index < -0.39 is 0 Å². The first-order chi connectivity index (χ1) is 7.49. The molecule has 4 heteroatoms. The fourth-order valence-corrected chi connectivity index (χ4v) is 1.55. The summed E-state index contributed by atoms with van der Waals surface area (Å²) in [5.74, 6) is 0.816. The maximum Gasteiger partial charge on any atom is 0.119 e. The van der Waals surface area contributed by atoms with Crippen molar-refractivity contribution in [1.29, 1.82) is 0 Å². The predicted molar refractivity (Wildman–Crippen MR) is 68.2 cm³/mol. The van der Waals surface area contributed by atoms with Crippen LogP contribution in [0.25, 0.3) is 0 Å². The zero-order chi connectivity index (χ0) is 12.1. The molecule has 1 unspecified atom stereocenters. The summed E-state index contributed by atoms with van der Waals surface area (Å²) in [6.45, 7) is 3.28. The van der Waals surface area contributed by atoms with Gasteiger partial charge >= 0.3 is 0 Å². The maximum atomic E-state index is 5.93. The number of benzene rings is 1. The van der Waals surface area contributed by atoms with Crippen molar-refractivity contribution in [3.05, 3.63) is 28.8 Å². The summed E-state index contributed by atoms with van der Waals surface area (Å²) in [7, 11) is 3.98. The summed E-state index contributed by atoms with van der Waals surface area (Å²) in [6.07, 6.45) is 0. The second-order valence-electron chi connectivity index (χ2n) is 4.24. The Labute approximate surface area is 102 Å². The normalized spacial score (nSPS) is 12.9. The average molecular weight is 243 g/mol. The molecule has 2 N–H and O–H groups in total. The molecular weight excluding hydrogens is 224 g/mol. The molecule has 1 aromatic rings. The van der Waals surface area contributed by atoms with Crippen molar-refractivity contribution in [3.63, 3.8) is 0 Å². The molecule has 1 aromatic carbocycles. The topological polar surface area (TPSA) is 38.5 Å². The van der Waals surface area contributed by atoms with Gasteiger partial charge in [0.05, 0.1) is 6.04 Å². The minimum absolute atomic E-state index is 0.0194. The second-order valence-corrected chi connectivity index (χ2v) is 4.65. The number of hydrogen-bond donors (Lipinski definition) is 1. The van der Waals surface area contributed by atoms with Crippen LogP contribution in [0.3, 0.4) is 0 Å². The smallest absolute Gasteiger partial charge is 0.119 e. The van der Waals surface area contributed by atoms with Crippen LogP contribution in [0.4, 0.5) is 0 Å². The Kier molecular flexibility index (Phi) is 5.06. The van der Waals surface area contributed by atoms with E-state index in [0.717, 1.165) is 22.9 Å². The molecule has 0 saturated carbocycles. The van der Waals surface area contributed by atoms with Gasteiger partial charge in [0.15, 0.2) is 0 Å². The summed E-state index contributed by atoms with van der Waals surface area (Å²) >= 11 is 5.93. The van der Waals surface area contributed by atoms with Crippen LogP contribution in [0.2, 0.25) is 5.02 Å². The van der Waals surface area contributed by atoms with Crippen LogP contribution in [0, 0.1) is 6.92 Å². The molecule has 0 radical (unpaired) electrons. The summed E-state index contributed by atoms with van der Waals surface area (Å²) in [6, 6.07) is 5.64. The van der Waals surface area contributed by atoms with Gasteiger partial charge in [-0.15, -0.1) is 0 Å². The van der Waals surface area contributed by atoms with Crippen molar-refractivity contribution < 1.29 is 4.74 Å². The van der Waals surface area contributed by atoms with Gasteiger partial charge in [-0.3, -0.25) is 0 Å². The Morgan fingerprint density at radius 3 is 2.69 bits per heavy atom. The minimum Gasteiger partial charge on any atom is -0.492 e. The molecule has 90 valence electrons. The van der Waals surface area contributed by atoms with E-state index in [4.69, 9.17) is 22.1 Å². The van der Waals surface area contributed by atoms with Crippen molar-refractivity contribution in [2.45, 2.75) is 13.0 Å². The number of rotatable bonds is 5. The Bertz CT molecular complexity index is 342. The molecule has 0 aliphatic rings. The van der Waals surface area contributed by atoms with Crippen molar-refractivity contribution >= 4 is 11.6 Å². The highest BCUT2D eigenvalue weighted by Crippen LogP contribution is 2.20. The lowest BCUT2D eigenvalue weighted by molar-refractivity contribution is 0.254. The van der Waals surface area contributed by atoms with Gasteiger partial charge in [-0.05, 0) is 44.8 Å². The maximum absolute atomic E-state index is 5.93. The summed E-state index contributed by atoms with van der Waals surface area (Å²) in [5.41, 5.74) is 6.91. The van der Waals surface area contributed by atoms with Crippen molar-refractivity contribution in [2.75, 3.05) is 27.2 Å². The highest BCUT2D eigenvalue weighted by Gasteiger charge is 2.05. The van der Waals surface area contributed by atoms with E-state index in [1.807, 2.05) is 44.1 Å². The Morgan fingerprint density at radius 2 is 2.12 bits per heavy atom. The summed E-state index contributed by atoms with van der Waals surface area (Å²) in [5, 5.41) is 0.755. The summed E-state index contributed by atoms with van der Waals surface area (Å²) < 4.78 is 5.59. The fraction of sp³-hybridized carbons (Fsp3) is 0.500. The van der Waals surface area contributed by atoms with Crippen LogP contribution in [0.5, 0.6) is 5.75 Å². The fourth-order valence-electron chi connectivity index (χ4n) is 1.43. The molecule has 0 fully saturated rings. The van der Waals surface area contributed by atoms with E-state index in [1.54, 1.807) is 0 Å². The number of likely N-dealkylation sites (N-methyl/N-ethyl adjacent to an activating group) is 1. The first-order valence-corrected chi connectivity index (χ1v) is 5.66. The predicted octanol–water partition coefficient (Wildman–Crippen LogP) is 1.92. The molecule has 1 atom stereocenters. The van der Waals surface area contributed by atoms with Gasteiger partial charge in [-0.25, -0.2) is 0 Å². The lowest BCUT2D eigenvalue weighted by Gasteiger charge is -2.17. The molecular formula is C12H19ClN2O. The van der Waals surface area contributed by atoms with Crippen molar-refractivity contribution in [3.8, 4) is 5.75 Å². The molecule has 3 nitrogen and oxygen atoms in total. The highest BCUT2D eigenvalue weighted by atomic mass is 35.5. The number of ether oxygens (including phenoxy) is 1. The molecule has 0 heterocycles. The van der Waals surface area contributed by atoms with Gasteiger partial charge in [-0.1, -0.05) is 11.6 Å². The van der Waals surface area contributed by atoms with Gasteiger partial charge in [0.25, 0.3) is 0 Å². The van der Waals surface area contributed by atoms with Gasteiger partial charge in [0.2, 0.25) is 0 Å². The van der Waals surface area contributed by atoms with Gasteiger partial charge < -0.3 is 15.4 Å². The Hall–Kier alpha value is -0.770. The van der Waals surface area contributed by atoms with Crippen LogP contribution in [-0.2, 0) is 0 Å². The SMILES string of the molecule is Cc1cc(OCC(N)CN(C)C)ccc1Cl. The van der Waals surface area contributed by atoms with Crippen LogP contribution in [0.1, 0.15) is 5.56 Å². The third-order valence-electron chi connectivity index (χ3n) is 2.19. The van der Waals surface area contributed by atoms with Crippen LogP contribution in [0.15, 0.2) is 18.2 Å². The van der Waals surface area contributed by atoms with Crippen LogP contribution >= 0.6 is 11.6 Å². The lowest BCUT2D eigenvalue weighted by Crippen LogP contribution is -2.37. The molecule has 0 spiro atoms. The molecule has 0 amide bonds. The minimum atomic E-state index is 0.0194.